The Balaban J connectivity index is 1.89. The molecule has 7 heteroatoms. The van der Waals surface area contributed by atoms with Gasteiger partial charge in [-0.05, 0) is 19.4 Å². The summed E-state index contributed by atoms with van der Waals surface area (Å²) in [6, 6.07) is 9.61. The summed E-state index contributed by atoms with van der Waals surface area (Å²) < 4.78 is 5.78. The zero-order valence-corrected chi connectivity index (χ0v) is 15.3. The summed E-state index contributed by atoms with van der Waals surface area (Å²) in [6.07, 6.45) is 0.503. The van der Waals surface area contributed by atoms with Crippen molar-refractivity contribution in [1.82, 2.24) is 20.4 Å². The molecule has 0 bridgehead atoms. The normalized spacial score (nSPS) is 18.9. The molecule has 0 saturated heterocycles. The number of aromatic amines is 1. The summed E-state index contributed by atoms with van der Waals surface area (Å²) in [6.45, 7) is 4.24. The molecule has 0 saturated carbocycles. The third-order valence-corrected chi connectivity index (χ3v) is 4.55. The fourth-order valence-corrected chi connectivity index (χ4v) is 3.26. The van der Waals surface area contributed by atoms with Crippen molar-refractivity contribution in [3.63, 3.8) is 0 Å². The van der Waals surface area contributed by atoms with Gasteiger partial charge in [-0.1, -0.05) is 30.3 Å². The van der Waals surface area contributed by atoms with E-state index in [1.807, 2.05) is 44.2 Å². The smallest absolute Gasteiger partial charge is 0.275 e. The van der Waals surface area contributed by atoms with E-state index in [1.54, 1.807) is 7.05 Å². The molecule has 1 aliphatic rings. The summed E-state index contributed by atoms with van der Waals surface area (Å²) in [5.74, 6) is -0.472. The fraction of sp³-hybridized carbons (Fsp3) is 0.421. The minimum atomic E-state index is -0.253. The number of fused-ring (bicyclic) bond motifs is 1. The van der Waals surface area contributed by atoms with E-state index in [2.05, 4.69) is 15.5 Å². The number of benzene rings is 1. The van der Waals surface area contributed by atoms with Crippen molar-refractivity contribution < 1.29 is 14.3 Å². The van der Waals surface area contributed by atoms with Crippen molar-refractivity contribution in [2.24, 2.45) is 0 Å². The Labute approximate surface area is 152 Å². The monoisotopic (exact) mass is 356 g/mol. The summed E-state index contributed by atoms with van der Waals surface area (Å²) in [7, 11) is 1.56. The molecule has 0 spiro atoms. The summed E-state index contributed by atoms with van der Waals surface area (Å²) >= 11 is 0. The molecule has 2 aromatic rings. The van der Waals surface area contributed by atoms with E-state index in [9.17, 15) is 9.59 Å². The van der Waals surface area contributed by atoms with Crippen LogP contribution in [-0.2, 0) is 22.5 Å². The maximum atomic E-state index is 13.2. The predicted octanol–water partition coefficient (Wildman–Crippen LogP) is 1.82. The van der Waals surface area contributed by atoms with Crippen molar-refractivity contribution >= 4 is 11.8 Å². The van der Waals surface area contributed by atoms with E-state index in [-0.39, 0.29) is 30.6 Å². The van der Waals surface area contributed by atoms with Crippen molar-refractivity contribution in [2.45, 2.75) is 39.0 Å². The lowest BCUT2D eigenvalue weighted by molar-refractivity contribution is -0.121. The second-order valence-electron chi connectivity index (χ2n) is 6.58. The van der Waals surface area contributed by atoms with Gasteiger partial charge in [0.25, 0.3) is 5.91 Å². The number of hydrogen-bond acceptors (Lipinski definition) is 4. The lowest BCUT2D eigenvalue weighted by Gasteiger charge is -2.26. The minimum absolute atomic E-state index is 0.0168. The van der Waals surface area contributed by atoms with Crippen LogP contribution in [0, 0.1) is 0 Å². The molecular formula is C19H24N4O3. The maximum Gasteiger partial charge on any atom is 0.275 e. The first-order valence-corrected chi connectivity index (χ1v) is 8.76. The van der Waals surface area contributed by atoms with Gasteiger partial charge in [0, 0.05) is 25.6 Å². The van der Waals surface area contributed by atoms with E-state index in [0.717, 1.165) is 16.8 Å². The van der Waals surface area contributed by atoms with Crippen LogP contribution in [0.2, 0.25) is 0 Å². The first-order valence-electron chi connectivity index (χ1n) is 8.76. The van der Waals surface area contributed by atoms with Crippen molar-refractivity contribution in [3.8, 4) is 0 Å². The highest BCUT2D eigenvalue weighted by atomic mass is 16.5. The van der Waals surface area contributed by atoms with Crippen LogP contribution in [0.3, 0.4) is 0 Å². The molecule has 1 aliphatic heterocycles. The third kappa shape index (κ3) is 3.77. The predicted molar refractivity (Wildman–Crippen MR) is 96.5 cm³/mol. The van der Waals surface area contributed by atoms with Gasteiger partial charge in [-0.15, -0.1) is 0 Å². The standard InChI is InChI=1S/C19H24N4O3/c1-12-9-15-17(13(2)26-12)21-22-18(15)19(25)23(11-16(24)20-3)10-14-7-5-4-6-8-14/h4-8,12-13H,9-11H2,1-3H3,(H,20,24)(H,21,22)/t12-,13+/m0/s1. The molecule has 2 atom stereocenters. The number of hydrogen-bond donors (Lipinski definition) is 2. The Morgan fingerprint density at radius 3 is 2.73 bits per heavy atom. The number of ether oxygens (including phenoxy) is 1. The topological polar surface area (TPSA) is 87.3 Å². The van der Waals surface area contributed by atoms with E-state index in [1.165, 1.54) is 4.90 Å². The second kappa shape index (κ2) is 7.70. The number of amides is 2. The lowest BCUT2D eigenvalue weighted by atomic mass is 9.99. The molecule has 0 fully saturated rings. The Kier molecular flexibility index (Phi) is 5.37. The molecule has 2 amide bonds. The number of carbonyl (C=O) groups excluding carboxylic acids is 2. The Hall–Kier alpha value is -2.67. The summed E-state index contributed by atoms with van der Waals surface area (Å²) in [5, 5.41) is 9.77. The number of aromatic nitrogens is 2. The van der Waals surface area contributed by atoms with E-state index >= 15 is 0 Å². The Morgan fingerprint density at radius 2 is 2.04 bits per heavy atom. The SMILES string of the molecule is CNC(=O)CN(Cc1ccccc1)C(=O)c1n[nH]c2c1C[C@H](C)O[C@@H]2C. The number of nitrogens with zero attached hydrogens (tertiary/aromatic N) is 2. The molecule has 3 rings (SSSR count). The van der Waals surface area contributed by atoms with Crippen LogP contribution in [0.5, 0.6) is 0 Å². The van der Waals surface area contributed by atoms with E-state index in [4.69, 9.17) is 4.74 Å². The van der Waals surface area contributed by atoms with Gasteiger partial charge >= 0.3 is 0 Å². The van der Waals surface area contributed by atoms with Gasteiger partial charge in [0.15, 0.2) is 5.69 Å². The third-order valence-electron chi connectivity index (χ3n) is 4.55. The van der Waals surface area contributed by atoms with Gasteiger partial charge in [-0.2, -0.15) is 5.10 Å². The Morgan fingerprint density at radius 1 is 1.31 bits per heavy atom. The van der Waals surface area contributed by atoms with Crippen molar-refractivity contribution in [3.05, 3.63) is 52.8 Å². The minimum Gasteiger partial charge on any atom is -0.369 e. The molecule has 2 N–H and O–H groups in total. The quantitative estimate of drug-likeness (QED) is 0.855. The first-order chi connectivity index (χ1) is 12.5. The zero-order valence-electron chi connectivity index (χ0n) is 15.3. The lowest BCUT2D eigenvalue weighted by Crippen LogP contribution is -2.40. The van der Waals surface area contributed by atoms with Gasteiger partial charge in [-0.25, -0.2) is 0 Å². The molecular weight excluding hydrogens is 332 g/mol. The summed E-state index contributed by atoms with van der Waals surface area (Å²) in [4.78, 5) is 26.6. The van der Waals surface area contributed by atoms with Gasteiger partial charge in [-0.3, -0.25) is 14.7 Å². The average molecular weight is 356 g/mol. The van der Waals surface area contributed by atoms with E-state index < -0.39 is 0 Å². The highest BCUT2D eigenvalue weighted by Crippen LogP contribution is 2.30. The molecule has 0 aliphatic carbocycles. The molecule has 26 heavy (non-hydrogen) atoms. The average Bonchev–Trinajstić information content (AvgIpc) is 3.05. The van der Waals surface area contributed by atoms with Crippen LogP contribution in [0.4, 0.5) is 0 Å². The van der Waals surface area contributed by atoms with E-state index in [0.29, 0.717) is 18.7 Å². The molecule has 2 heterocycles. The maximum absolute atomic E-state index is 13.2. The number of nitrogens with one attached hydrogen (secondary N) is 2. The zero-order chi connectivity index (χ0) is 18.7. The van der Waals surface area contributed by atoms with Crippen LogP contribution in [-0.4, -0.2) is 46.6 Å². The van der Waals surface area contributed by atoms with Gasteiger partial charge in [0.05, 0.1) is 17.9 Å². The van der Waals surface area contributed by atoms with Crippen LogP contribution < -0.4 is 5.32 Å². The molecule has 0 radical (unpaired) electrons. The van der Waals surface area contributed by atoms with Crippen molar-refractivity contribution in [1.29, 1.82) is 0 Å². The second-order valence-corrected chi connectivity index (χ2v) is 6.58. The van der Waals surface area contributed by atoms with Gasteiger partial charge < -0.3 is 15.0 Å². The molecule has 7 nitrogen and oxygen atoms in total. The Bertz CT molecular complexity index is 787. The highest BCUT2D eigenvalue weighted by Gasteiger charge is 2.31. The van der Waals surface area contributed by atoms with Crippen LogP contribution in [0.25, 0.3) is 0 Å². The van der Waals surface area contributed by atoms with Crippen molar-refractivity contribution in [2.75, 3.05) is 13.6 Å². The van der Waals surface area contributed by atoms with Crippen LogP contribution in [0.15, 0.2) is 30.3 Å². The van der Waals surface area contributed by atoms with Crippen LogP contribution >= 0.6 is 0 Å². The number of carbonyl (C=O) groups is 2. The first kappa shape index (κ1) is 18.1. The highest BCUT2D eigenvalue weighted by molar-refractivity contribution is 5.96. The molecule has 1 aromatic heterocycles. The molecule has 0 unspecified atom stereocenters. The van der Waals surface area contributed by atoms with Crippen LogP contribution in [0.1, 0.15) is 47.3 Å². The summed E-state index contributed by atoms with van der Waals surface area (Å²) in [5.41, 5.74) is 3.06. The number of likely N-dealkylation sites (N-methyl/N-ethyl adjacent to an activating group) is 1. The molecule has 1 aromatic carbocycles. The number of H-pyrrole nitrogens is 1. The largest absolute Gasteiger partial charge is 0.369 e. The van der Waals surface area contributed by atoms with Gasteiger partial charge in [0.1, 0.15) is 6.54 Å². The van der Waals surface area contributed by atoms with Gasteiger partial charge in [0.2, 0.25) is 5.91 Å². The fourth-order valence-electron chi connectivity index (χ4n) is 3.26. The molecule has 138 valence electrons. The number of rotatable bonds is 5.